The average molecular weight is 279 g/mol. The number of rotatable bonds is 3. The number of nitrogens with zero attached hydrogens (tertiary/aromatic N) is 1. The molecule has 2 aromatic rings. The van der Waals surface area contributed by atoms with Crippen molar-refractivity contribution in [3.63, 3.8) is 0 Å². The van der Waals surface area contributed by atoms with E-state index in [1.165, 1.54) is 0 Å². The van der Waals surface area contributed by atoms with E-state index >= 15 is 0 Å². The van der Waals surface area contributed by atoms with Crippen LogP contribution in [0.15, 0.2) is 29.2 Å². The summed E-state index contributed by atoms with van der Waals surface area (Å²) in [6.45, 7) is 5.89. The third kappa shape index (κ3) is 3.34. The summed E-state index contributed by atoms with van der Waals surface area (Å²) in [5.41, 5.74) is 1.77. The molecule has 0 spiro atoms. The highest BCUT2D eigenvalue weighted by atomic mass is 32.2. The number of pyridine rings is 2. The summed E-state index contributed by atoms with van der Waals surface area (Å²) >= 11 is -1.20. The predicted molar refractivity (Wildman–Crippen MR) is 77.1 cm³/mol. The first-order chi connectivity index (χ1) is 8.88. The normalized spacial score (nSPS) is 13.7. The van der Waals surface area contributed by atoms with Crippen LogP contribution in [0.5, 0.6) is 0 Å². The van der Waals surface area contributed by atoms with E-state index in [2.05, 4.69) is 14.7 Å². The maximum atomic E-state index is 11.9. The summed E-state index contributed by atoms with van der Waals surface area (Å²) in [6.07, 6.45) is 1.67. The van der Waals surface area contributed by atoms with Crippen molar-refractivity contribution in [2.75, 3.05) is 0 Å². The van der Waals surface area contributed by atoms with Crippen molar-refractivity contribution < 1.29 is 4.55 Å². The minimum Gasteiger partial charge on any atom is -0.598 e. The van der Waals surface area contributed by atoms with Crippen molar-refractivity contribution in [1.29, 1.82) is 0 Å². The van der Waals surface area contributed by atoms with Crippen molar-refractivity contribution in [2.45, 2.75) is 32.1 Å². The van der Waals surface area contributed by atoms with Crippen molar-refractivity contribution in [3.05, 3.63) is 40.3 Å². The molecule has 0 amide bonds. The van der Waals surface area contributed by atoms with E-state index in [-0.39, 0.29) is 16.9 Å². The number of nitrogens with one attached hydrogen (secondary N) is 2. The molecule has 0 saturated heterocycles. The van der Waals surface area contributed by atoms with Crippen LogP contribution in [0.25, 0.3) is 11.0 Å². The molecule has 0 aliphatic heterocycles. The zero-order chi connectivity index (χ0) is 14.0. The Morgan fingerprint density at radius 2 is 2.21 bits per heavy atom. The standard InChI is InChI=1S/C13H17N3O2S/c1-13(2,3)19(18)15-8-9-7-11-10(16-12(9)17)5-4-6-14-11/h4-7,15H,8H2,1-3H3,(H,16,17)/t19-/m1/s1. The van der Waals surface area contributed by atoms with E-state index in [0.717, 1.165) is 5.52 Å². The lowest BCUT2D eigenvalue weighted by Crippen LogP contribution is -2.39. The van der Waals surface area contributed by atoms with Gasteiger partial charge in [-0.05, 0) is 39.0 Å². The summed E-state index contributed by atoms with van der Waals surface area (Å²) in [4.78, 5) is 18.8. The molecule has 2 aromatic heterocycles. The quantitative estimate of drug-likeness (QED) is 0.834. The van der Waals surface area contributed by atoms with Crippen LogP contribution in [-0.4, -0.2) is 19.3 Å². The molecule has 19 heavy (non-hydrogen) atoms. The SMILES string of the molecule is CC(C)(C)[S@@+]([O-])NCc1cc2ncccc2[nH]c1=O. The monoisotopic (exact) mass is 279 g/mol. The topological polar surface area (TPSA) is 80.8 Å². The number of fused-ring (bicyclic) bond motifs is 1. The first kappa shape index (κ1) is 14.0. The highest BCUT2D eigenvalue weighted by Crippen LogP contribution is 2.14. The maximum Gasteiger partial charge on any atom is 0.253 e. The lowest BCUT2D eigenvalue weighted by Gasteiger charge is -2.23. The van der Waals surface area contributed by atoms with E-state index in [0.29, 0.717) is 11.1 Å². The van der Waals surface area contributed by atoms with Crippen LogP contribution >= 0.6 is 0 Å². The number of aromatic amines is 1. The molecule has 0 aromatic carbocycles. The van der Waals surface area contributed by atoms with Gasteiger partial charge in [0.05, 0.1) is 17.6 Å². The molecule has 1 atom stereocenters. The van der Waals surface area contributed by atoms with Crippen molar-refractivity contribution in [3.8, 4) is 0 Å². The summed E-state index contributed by atoms with van der Waals surface area (Å²) in [5, 5.41) is 0. The predicted octanol–water partition coefficient (Wildman–Crippen LogP) is 1.47. The molecule has 102 valence electrons. The number of hydrogen-bond acceptors (Lipinski definition) is 4. The van der Waals surface area contributed by atoms with Crippen LogP contribution in [0.4, 0.5) is 0 Å². The van der Waals surface area contributed by atoms with Crippen molar-refractivity contribution >= 4 is 22.4 Å². The highest BCUT2D eigenvalue weighted by molar-refractivity contribution is 7.90. The van der Waals surface area contributed by atoms with E-state index in [9.17, 15) is 9.35 Å². The molecule has 5 nitrogen and oxygen atoms in total. The van der Waals surface area contributed by atoms with Crippen molar-refractivity contribution in [2.24, 2.45) is 0 Å². The van der Waals surface area contributed by atoms with E-state index in [1.807, 2.05) is 20.8 Å². The van der Waals surface area contributed by atoms with Gasteiger partial charge >= 0.3 is 0 Å². The van der Waals surface area contributed by atoms with Crippen LogP contribution < -0.4 is 10.3 Å². The van der Waals surface area contributed by atoms with E-state index < -0.39 is 11.4 Å². The van der Waals surface area contributed by atoms with Gasteiger partial charge in [-0.3, -0.25) is 9.78 Å². The lowest BCUT2D eigenvalue weighted by molar-refractivity contribution is 0.544. The Morgan fingerprint density at radius 1 is 1.47 bits per heavy atom. The number of aromatic nitrogens is 2. The minimum atomic E-state index is -1.20. The third-order valence-electron chi connectivity index (χ3n) is 2.64. The smallest absolute Gasteiger partial charge is 0.253 e. The Bertz CT molecular complexity index is 634. The zero-order valence-corrected chi connectivity index (χ0v) is 12.0. The van der Waals surface area contributed by atoms with Crippen LogP contribution in [0.1, 0.15) is 26.3 Å². The zero-order valence-electron chi connectivity index (χ0n) is 11.2. The second-order valence-electron chi connectivity index (χ2n) is 5.26. The van der Waals surface area contributed by atoms with Gasteiger partial charge in [-0.25, -0.2) is 0 Å². The first-order valence-electron chi connectivity index (χ1n) is 6.00. The van der Waals surface area contributed by atoms with Crippen LogP contribution in [0.3, 0.4) is 0 Å². The average Bonchev–Trinajstić information content (AvgIpc) is 2.34. The number of hydrogen-bond donors (Lipinski definition) is 2. The third-order valence-corrected chi connectivity index (χ3v) is 4.16. The molecular weight excluding hydrogens is 262 g/mol. The summed E-state index contributed by atoms with van der Waals surface area (Å²) in [5.74, 6) is 0. The fraction of sp³-hybridized carbons (Fsp3) is 0.385. The molecule has 2 heterocycles. The van der Waals surface area contributed by atoms with Gasteiger partial charge in [-0.2, -0.15) is 0 Å². The molecule has 2 N–H and O–H groups in total. The lowest BCUT2D eigenvalue weighted by atomic mass is 10.2. The van der Waals surface area contributed by atoms with Gasteiger partial charge in [0, 0.05) is 23.1 Å². The van der Waals surface area contributed by atoms with Crippen LogP contribution in [-0.2, 0) is 17.9 Å². The molecular formula is C13H17N3O2S. The Labute approximate surface area is 114 Å². The van der Waals surface area contributed by atoms with Gasteiger partial charge in [-0.15, -0.1) is 4.72 Å². The van der Waals surface area contributed by atoms with E-state index in [4.69, 9.17) is 0 Å². The number of H-pyrrole nitrogens is 1. The Morgan fingerprint density at radius 3 is 2.89 bits per heavy atom. The Kier molecular flexibility index (Phi) is 3.93. The fourth-order valence-electron chi connectivity index (χ4n) is 1.56. The Hall–Kier alpha value is -1.37. The van der Waals surface area contributed by atoms with Crippen molar-refractivity contribution in [1.82, 2.24) is 14.7 Å². The molecule has 0 bridgehead atoms. The molecule has 0 aliphatic carbocycles. The molecule has 0 radical (unpaired) electrons. The molecule has 6 heteroatoms. The van der Waals surface area contributed by atoms with Crippen LogP contribution in [0.2, 0.25) is 0 Å². The second kappa shape index (κ2) is 5.32. The molecule has 0 saturated carbocycles. The van der Waals surface area contributed by atoms with Gasteiger partial charge in [0.15, 0.2) is 0 Å². The van der Waals surface area contributed by atoms with Gasteiger partial charge in [-0.1, -0.05) is 0 Å². The van der Waals surface area contributed by atoms with Gasteiger partial charge < -0.3 is 9.54 Å². The maximum absolute atomic E-state index is 11.9. The molecule has 0 aliphatic rings. The summed E-state index contributed by atoms with van der Waals surface area (Å²) in [7, 11) is 0. The molecule has 0 fully saturated rings. The van der Waals surface area contributed by atoms with Gasteiger partial charge in [0.25, 0.3) is 5.56 Å². The van der Waals surface area contributed by atoms with Gasteiger partial charge in [0.1, 0.15) is 4.75 Å². The van der Waals surface area contributed by atoms with Gasteiger partial charge in [0.2, 0.25) is 0 Å². The Balaban J connectivity index is 2.22. The first-order valence-corrected chi connectivity index (χ1v) is 7.15. The second-order valence-corrected chi connectivity index (χ2v) is 7.31. The fourth-order valence-corrected chi connectivity index (χ4v) is 2.28. The minimum absolute atomic E-state index is 0.182. The highest BCUT2D eigenvalue weighted by Gasteiger charge is 2.26. The summed E-state index contributed by atoms with van der Waals surface area (Å²) in [6, 6.07) is 5.29. The largest absolute Gasteiger partial charge is 0.598 e. The van der Waals surface area contributed by atoms with E-state index in [1.54, 1.807) is 24.4 Å². The van der Waals surface area contributed by atoms with Crippen LogP contribution in [0, 0.1) is 0 Å². The molecule has 0 unspecified atom stereocenters. The molecule has 2 rings (SSSR count). The summed E-state index contributed by atoms with van der Waals surface area (Å²) < 4.78 is 14.4.